The molecule has 7 N–H and O–H groups in total. The van der Waals surface area contributed by atoms with Crippen LogP contribution >= 0.6 is 0 Å². The Bertz CT molecular complexity index is 1190. The smallest absolute Gasteiger partial charge is 0.326 e. The summed E-state index contributed by atoms with van der Waals surface area (Å²) in [6, 6.07) is 14.1. The first-order valence-electron chi connectivity index (χ1n) is 12.5. The molecule has 198 valence electrons. The van der Waals surface area contributed by atoms with Crippen molar-refractivity contribution in [1.29, 1.82) is 0 Å². The minimum absolute atomic E-state index is 0.0249. The number of aryl methyl sites for hydroxylation is 1. The molecule has 0 aliphatic rings. The quantitative estimate of drug-likeness (QED) is 0.208. The molecule has 9 heteroatoms. The van der Waals surface area contributed by atoms with E-state index in [4.69, 9.17) is 5.73 Å². The van der Waals surface area contributed by atoms with Crippen molar-refractivity contribution < 1.29 is 24.6 Å². The van der Waals surface area contributed by atoms with Gasteiger partial charge in [-0.2, -0.15) is 0 Å². The number of fused-ring (bicyclic) bond motifs is 1. The molecule has 4 atom stereocenters. The number of amides is 2. The molecule has 0 bridgehead atoms. The number of rotatable bonds is 13. The van der Waals surface area contributed by atoms with E-state index < -0.39 is 42.0 Å². The number of hydrogen-bond acceptors (Lipinski definition) is 5. The van der Waals surface area contributed by atoms with Gasteiger partial charge in [-0.05, 0) is 42.4 Å². The van der Waals surface area contributed by atoms with E-state index in [1.807, 2.05) is 68.4 Å². The number of nitrogens with one attached hydrogen (secondary N) is 3. The first-order chi connectivity index (χ1) is 17.7. The molecule has 1 heterocycles. The van der Waals surface area contributed by atoms with Gasteiger partial charge in [-0.3, -0.25) is 9.59 Å². The van der Waals surface area contributed by atoms with Crippen molar-refractivity contribution in [2.24, 2.45) is 11.7 Å². The fourth-order valence-corrected chi connectivity index (χ4v) is 4.28. The zero-order valence-electron chi connectivity index (χ0n) is 21.2. The third kappa shape index (κ3) is 7.90. The van der Waals surface area contributed by atoms with Crippen LogP contribution < -0.4 is 16.4 Å². The second kappa shape index (κ2) is 13.0. The average Bonchev–Trinajstić information content (AvgIpc) is 3.29. The molecular weight excluding hydrogens is 472 g/mol. The predicted molar refractivity (Wildman–Crippen MR) is 142 cm³/mol. The van der Waals surface area contributed by atoms with E-state index in [0.717, 1.165) is 22.0 Å². The first-order valence-corrected chi connectivity index (χ1v) is 12.5. The van der Waals surface area contributed by atoms with Crippen molar-refractivity contribution in [1.82, 2.24) is 15.6 Å². The van der Waals surface area contributed by atoms with Gasteiger partial charge in [0.2, 0.25) is 5.91 Å². The number of hydrogen-bond donors (Lipinski definition) is 6. The number of aliphatic carboxylic acids is 1. The molecule has 2 amide bonds. The Labute approximate surface area is 216 Å². The predicted octanol–water partition coefficient (Wildman–Crippen LogP) is 2.13. The maximum atomic E-state index is 13.1. The standard InChI is InChI=1S/C28H36N4O5/c1-17(2)14-23(31-27(35)25(33)21(29)13-12-18-8-4-3-5-9-18)26(34)32-24(28(36)37)15-19-16-30-22-11-7-6-10-20(19)22/h3-11,16-17,21,23-25,30,33H,12-15,29H2,1-2H3,(H,31,35)(H,32,34)(H,36,37)/t21-,23+,24+,25+/m1/s1. The van der Waals surface area contributed by atoms with Crippen molar-refractivity contribution in [2.75, 3.05) is 0 Å². The lowest BCUT2D eigenvalue weighted by molar-refractivity contribution is -0.142. The lowest BCUT2D eigenvalue weighted by Gasteiger charge is -2.25. The zero-order valence-corrected chi connectivity index (χ0v) is 21.2. The van der Waals surface area contributed by atoms with E-state index in [1.54, 1.807) is 6.20 Å². The van der Waals surface area contributed by atoms with Gasteiger partial charge in [-0.25, -0.2) is 4.79 Å². The van der Waals surface area contributed by atoms with Crippen LogP contribution in [-0.4, -0.2) is 57.2 Å². The van der Waals surface area contributed by atoms with Crippen LogP contribution in [0.1, 0.15) is 37.8 Å². The summed E-state index contributed by atoms with van der Waals surface area (Å²) in [6.07, 6.45) is 1.53. The highest BCUT2D eigenvalue weighted by atomic mass is 16.4. The van der Waals surface area contributed by atoms with Gasteiger partial charge in [-0.1, -0.05) is 62.4 Å². The van der Waals surface area contributed by atoms with Gasteiger partial charge < -0.3 is 31.6 Å². The number of carbonyl (C=O) groups is 3. The molecule has 3 aromatic rings. The maximum absolute atomic E-state index is 13.1. The molecule has 0 unspecified atom stereocenters. The molecule has 0 radical (unpaired) electrons. The number of carbonyl (C=O) groups excluding carboxylic acids is 2. The van der Waals surface area contributed by atoms with Crippen LogP contribution in [0.3, 0.4) is 0 Å². The second-order valence-corrected chi connectivity index (χ2v) is 9.79. The Hall–Kier alpha value is -3.69. The molecule has 0 saturated carbocycles. The highest BCUT2D eigenvalue weighted by Gasteiger charge is 2.31. The Morgan fingerprint density at radius 2 is 1.59 bits per heavy atom. The summed E-state index contributed by atoms with van der Waals surface area (Å²) in [5.74, 6) is -2.54. The molecule has 2 aromatic carbocycles. The molecular formula is C28H36N4O5. The van der Waals surface area contributed by atoms with E-state index >= 15 is 0 Å². The number of aliphatic hydroxyl groups excluding tert-OH is 1. The summed E-state index contributed by atoms with van der Waals surface area (Å²) in [5, 5.41) is 26.3. The summed E-state index contributed by atoms with van der Waals surface area (Å²) in [4.78, 5) is 41.0. The highest BCUT2D eigenvalue weighted by molar-refractivity contribution is 5.92. The van der Waals surface area contributed by atoms with Crippen LogP contribution in [0.25, 0.3) is 10.9 Å². The molecule has 0 saturated heterocycles. The van der Waals surface area contributed by atoms with Gasteiger partial charge in [0, 0.05) is 29.6 Å². The Balaban J connectivity index is 1.64. The lowest BCUT2D eigenvalue weighted by Crippen LogP contribution is -2.56. The van der Waals surface area contributed by atoms with Gasteiger partial charge in [0.15, 0.2) is 0 Å². The third-order valence-corrected chi connectivity index (χ3v) is 6.34. The third-order valence-electron chi connectivity index (χ3n) is 6.34. The minimum atomic E-state index is -1.51. The molecule has 37 heavy (non-hydrogen) atoms. The Kier molecular flexibility index (Phi) is 9.82. The van der Waals surface area contributed by atoms with E-state index in [9.17, 15) is 24.6 Å². The second-order valence-electron chi connectivity index (χ2n) is 9.79. The van der Waals surface area contributed by atoms with Crippen molar-refractivity contribution in [3.8, 4) is 0 Å². The van der Waals surface area contributed by atoms with Crippen LogP contribution in [0, 0.1) is 5.92 Å². The Morgan fingerprint density at radius 3 is 2.27 bits per heavy atom. The number of para-hydroxylation sites is 1. The Morgan fingerprint density at radius 1 is 0.946 bits per heavy atom. The summed E-state index contributed by atoms with van der Waals surface area (Å²) >= 11 is 0. The number of carboxylic acids is 1. The summed E-state index contributed by atoms with van der Waals surface area (Å²) in [7, 11) is 0. The van der Waals surface area contributed by atoms with Crippen LogP contribution in [0.4, 0.5) is 0 Å². The van der Waals surface area contributed by atoms with E-state index in [1.165, 1.54) is 0 Å². The van der Waals surface area contributed by atoms with Crippen LogP contribution in [0.5, 0.6) is 0 Å². The van der Waals surface area contributed by atoms with E-state index in [0.29, 0.717) is 12.8 Å². The van der Waals surface area contributed by atoms with Crippen molar-refractivity contribution in [3.05, 3.63) is 71.9 Å². The van der Waals surface area contributed by atoms with Crippen molar-refractivity contribution >= 4 is 28.7 Å². The molecule has 0 fully saturated rings. The van der Waals surface area contributed by atoms with E-state index in [-0.39, 0.29) is 18.8 Å². The van der Waals surface area contributed by atoms with Gasteiger partial charge in [0.05, 0.1) is 0 Å². The molecule has 1 aromatic heterocycles. The molecule has 0 spiro atoms. The van der Waals surface area contributed by atoms with Crippen LogP contribution in [0.15, 0.2) is 60.8 Å². The molecule has 9 nitrogen and oxygen atoms in total. The lowest BCUT2D eigenvalue weighted by atomic mass is 9.99. The monoisotopic (exact) mass is 508 g/mol. The van der Waals surface area contributed by atoms with Gasteiger partial charge >= 0.3 is 5.97 Å². The molecule has 3 rings (SSSR count). The fraction of sp³-hybridized carbons (Fsp3) is 0.393. The summed E-state index contributed by atoms with van der Waals surface area (Å²) in [5.41, 5.74) is 8.74. The number of aliphatic hydroxyl groups is 1. The number of nitrogens with two attached hydrogens (primary N) is 1. The van der Waals surface area contributed by atoms with Crippen LogP contribution in [-0.2, 0) is 27.2 Å². The van der Waals surface area contributed by atoms with Gasteiger partial charge in [-0.15, -0.1) is 0 Å². The molecule has 0 aliphatic heterocycles. The van der Waals surface area contributed by atoms with Crippen molar-refractivity contribution in [3.63, 3.8) is 0 Å². The van der Waals surface area contributed by atoms with Gasteiger partial charge in [0.1, 0.15) is 18.2 Å². The number of carboxylic acid groups (broad SMARTS) is 1. The van der Waals surface area contributed by atoms with Crippen molar-refractivity contribution in [2.45, 2.75) is 63.8 Å². The topological polar surface area (TPSA) is 158 Å². The summed E-state index contributed by atoms with van der Waals surface area (Å²) in [6.45, 7) is 3.77. The first kappa shape index (κ1) is 27.9. The normalized spacial score (nSPS) is 14.6. The minimum Gasteiger partial charge on any atom is -0.480 e. The maximum Gasteiger partial charge on any atom is 0.326 e. The number of benzene rings is 2. The highest BCUT2D eigenvalue weighted by Crippen LogP contribution is 2.19. The van der Waals surface area contributed by atoms with Gasteiger partial charge in [0.25, 0.3) is 5.91 Å². The number of aromatic nitrogens is 1. The average molecular weight is 509 g/mol. The van der Waals surface area contributed by atoms with Crippen LogP contribution in [0.2, 0.25) is 0 Å². The SMILES string of the molecule is CC(C)C[C@H](NC(=O)[C@@H](O)[C@H](N)CCc1ccccc1)C(=O)N[C@@H](Cc1c[nH]c2ccccc12)C(=O)O. The molecule has 0 aliphatic carbocycles. The summed E-state index contributed by atoms with van der Waals surface area (Å²) < 4.78 is 0. The number of H-pyrrole nitrogens is 1. The van der Waals surface area contributed by atoms with E-state index in [2.05, 4.69) is 15.6 Å². The fourth-order valence-electron chi connectivity index (χ4n) is 4.28. The largest absolute Gasteiger partial charge is 0.480 e. The number of aromatic amines is 1. The zero-order chi connectivity index (χ0) is 26.9.